The van der Waals surface area contributed by atoms with E-state index in [0.29, 0.717) is 5.69 Å². The van der Waals surface area contributed by atoms with Crippen LogP contribution < -0.4 is 10.6 Å². The van der Waals surface area contributed by atoms with E-state index in [-0.39, 0.29) is 18.4 Å². The van der Waals surface area contributed by atoms with Gasteiger partial charge in [-0.05, 0) is 32.4 Å². The van der Waals surface area contributed by atoms with Crippen molar-refractivity contribution in [3.63, 3.8) is 0 Å². The number of amides is 2. The van der Waals surface area contributed by atoms with Gasteiger partial charge in [-0.15, -0.1) is 0 Å². The standard InChI is InChI=1S/C18H22N4O2/c1-12-6-5-7-15(10-12)8-9-16(23)19-11-17(24)20-18-13(2)21-22(4)14(18)3/h5-10H,11H2,1-4H3,(H,19,23)(H,20,24)/b9-8+. The number of benzene rings is 1. The lowest BCUT2D eigenvalue weighted by molar-refractivity contribution is -0.121. The Morgan fingerprint density at radius 2 is 2.00 bits per heavy atom. The van der Waals surface area contributed by atoms with Gasteiger partial charge >= 0.3 is 0 Å². The maximum Gasteiger partial charge on any atom is 0.244 e. The average molecular weight is 326 g/mol. The third-order valence-corrected chi connectivity index (χ3v) is 3.67. The molecule has 24 heavy (non-hydrogen) atoms. The van der Waals surface area contributed by atoms with Crippen LogP contribution in [0.1, 0.15) is 22.5 Å². The number of aromatic nitrogens is 2. The van der Waals surface area contributed by atoms with Crippen molar-refractivity contribution in [2.24, 2.45) is 7.05 Å². The third kappa shape index (κ3) is 4.55. The van der Waals surface area contributed by atoms with Crippen molar-refractivity contribution in [3.8, 4) is 0 Å². The highest BCUT2D eigenvalue weighted by molar-refractivity contribution is 5.98. The molecule has 0 radical (unpaired) electrons. The Balaban J connectivity index is 1.86. The largest absolute Gasteiger partial charge is 0.343 e. The summed E-state index contributed by atoms with van der Waals surface area (Å²) in [5.74, 6) is -0.599. The number of carbonyl (C=O) groups excluding carboxylic acids is 2. The summed E-state index contributed by atoms with van der Waals surface area (Å²) in [4.78, 5) is 23.8. The zero-order valence-electron chi connectivity index (χ0n) is 14.4. The van der Waals surface area contributed by atoms with E-state index in [1.807, 2.05) is 52.1 Å². The lowest BCUT2D eigenvalue weighted by atomic mass is 10.1. The fraction of sp³-hybridized carbons (Fsp3) is 0.278. The highest BCUT2D eigenvalue weighted by atomic mass is 16.2. The Labute approximate surface area is 141 Å². The molecule has 0 saturated carbocycles. The lowest BCUT2D eigenvalue weighted by Crippen LogP contribution is -2.31. The first kappa shape index (κ1) is 17.5. The molecule has 0 aliphatic heterocycles. The molecule has 0 spiro atoms. The predicted octanol–water partition coefficient (Wildman–Crippen LogP) is 2.11. The van der Waals surface area contributed by atoms with Gasteiger partial charge in [-0.25, -0.2) is 0 Å². The van der Waals surface area contributed by atoms with Crippen LogP contribution in [-0.4, -0.2) is 28.1 Å². The summed E-state index contributed by atoms with van der Waals surface area (Å²) in [7, 11) is 1.82. The summed E-state index contributed by atoms with van der Waals surface area (Å²) in [5.41, 5.74) is 4.36. The first-order valence-electron chi connectivity index (χ1n) is 7.69. The van der Waals surface area contributed by atoms with E-state index in [2.05, 4.69) is 15.7 Å². The van der Waals surface area contributed by atoms with E-state index in [9.17, 15) is 9.59 Å². The minimum Gasteiger partial charge on any atom is -0.343 e. The number of hydrogen-bond acceptors (Lipinski definition) is 3. The normalized spacial score (nSPS) is 10.8. The van der Waals surface area contributed by atoms with Crippen molar-refractivity contribution in [1.82, 2.24) is 15.1 Å². The molecule has 0 fully saturated rings. The maximum atomic E-state index is 12.0. The summed E-state index contributed by atoms with van der Waals surface area (Å²) in [5, 5.41) is 9.58. The molecule has 0 aliphatic rings. The van der Waals surface area contributed by atoms with Gasteiger partial charge in [-0.3, -0.25) is 14.3 Å². The molecule has 2 N–H and O–H groups in total. The zero-order chi connectivity index (χ0) is 17.7. The molecule has 1 aromatic heterocycles. The summed E-state index contributed by atoms with van der Waals surface area (Å²) in [6, 6.07) is 7.81. The fourth-order valence-electron chi connectivity index (χ4n) is 2.31. The minimum absolute atomic E-state index is 0.0925. The van der Waals surface area contributed by atoms with Gasteiger partial charge in [0.15, 0.2) is 0 Å². The predicted molar refractivity (Wildman–Crippen MR) is 94.5 cm³/mol. The Bertz CT molecular complexity index is 790. The summed E-state index contributed by atoms with van der Waals surface area (Å²) >= 11 is 0. The average Bonchev–Trinajstić information content (AvgIpc) is 2.77. The quantitative estimate of drug-likeness (QED) is 0.826. The van der Waals surface area contributed by atoms with Crippen molar-refractivity contribution < 1.29 is 9.59 Å². The van der Waals surface area contributed by atoms with Gasteiger partial charge in [0.1, 0.15) is 0 Å². The first-order valence-corrected chi connectivity index (χ1v) is 7.69. The number of nitrogens with one attached hydrogen (secondary N) is 2. The number of anilines is 1. The van der Waals surface area contributed by atoms with Crippen molar-refractivity contribution >= 4 is 23.6 Å². The number of nitrogens with zero attached hydrogens (tertiary/aromatic N) is 2. The number of aryl methyl sites for hydroxylation is 3. The van der Waals surface area contributed by atoms with Crippen LogP contribution in [0.2, 0.25) is 0 Å². The molecule has 0 bridgehead atoms. The van der Waals surface area contributed by atoms with Crippen LogP contribution in [0.5, 0.6) is 0 Å². The molecule has 2 amide bonds. The summed E-state index contributed by atoms with van der Waals surface area (Å²) in [6.45, 7) is 5.60. The van der Waals surface area contributed by atoms with Gasteiger partial charge in [0.05, 0.1) is 23.6 Å². The van der Waals surface area contributed by atoms with Crippen LogP contribution in [0.25, 0.3) is 6.08 Å². The minimum atomic E-state index is -0.314. The van der Waals surface area contributed by atoms with E-state index in [1.165, 1.54) is 6.08 Å². The van der Waals surface area contributed by atoms with Crippen LogP contribution in [0.15, 0.2) is 30.3 Å². The van der Waals surface area contributed by atoms with Gasteiger partial charge in [-0.1, -0.05) is 29.8 Å². The van der Waals surface area contributed by atoms with E-state index < -0.39 is 0 Å². The van der Waals surface area contributed by atoms with Crippen LogP contribution in [0.3, 0.4) is 0 Å². The van der Waals surface area contributed by atoms with Gasteiger partial charge in [0.2, 0.25) is 11.8 Å². The molecular weight excluding hydrogens is 304 g/mol. The molecule has 0 aliphatic carbocycles. The van der Waals surface area contributed by atoms with Crippen LogP contribution in [0.4, 0.5) is 5.69 Å². The van der Waals surface area contributed by atoms with Gasteiger partial charge in [0.25, 0.3) is 0 Å². The Morgan fingerprint density at radius 1 is 1.25 bits per heavy atom. The first-order chi connectivity index (χ1) is 11.4. The topological polar surface area (TPSA) is 76.0 Å². The summed E-state index contributed by atoms with van der Waals surface area (Å²) < 4.78 is 1.70. The smallest absolute Gasteiger partial charge is 0.244 e. The van der Waals surface area contributed by atoms with Crippen molar-refractivity contribution in [3.05, 3.63) is 52.9 Å². The molecule has 6 nitrogen and oxygen atoms in total. The zero-order valence-corrected chi connectivity index (χ0v) is 14.4. The Kier molecular flexibility index (Phi) is 5.52. The fourth-order valence-corrected chi connectivity index (χ4v) is 2.31. The van der Waals surface area contributed by atoms with Crippen molar-refractivity contribution in [1.29, 1.82) is 0 Å². The van der Waals surface area contributed by atoms with Gasteiger partial charge < -0.3 is 10.6 Å². The van der Waals surface area contributed by atoms with Crippen molar-refractivity contribution in [2.45, 2.75) is 20.8 Å². The van der Waals surface area contributed by atoms with E-state index >= 15 is 0 Å². The lowest BCUT2D eigenvalue weighted by Gasteiger charge is -2.06. The number of carbonyl (C=O) groups is 2. The Hall–Kier alpha value is -2.89. The maximum absolute atomic E-state index is 12.0. The summed E-state index contributed by atoms with van der Waals surface area (Å²) in [6.07, 6.45) is 3.14. The van der Waals surface area contributed by atoms with Crippen LogP contribution in [0, 0.1) is 20.8 Å². The Morgan fingerprint density at radius 3 is 2.62 bits per heavy atom. The molecule has 0 unspecified atom stereocenters. The number of hydrogen-bond donors (Lipinski definition) is 2. The highest BCUT2D eigenvalue weighted by Gasteiger charge is 2.12. The van der Waals surface area contributed by atoms with Crippen molar-refractivity contribution in [2.75, 3.05) is 11.9 Å². The number of rotatable bonds is 5. The van der Waals surface area contributed by atoms with Gasteiger partial charge in [0, 0.05) is 13.1 Å². The molecule has 0 atom stereocenters. The molecular formula is C18H22N4O2. The molecule has 1 heterocycles. The molecule has 6 heteroatoms. The molecule has 1 aromatic carbocycles. The van der Waals surface area contributed by atoms with E-state index in [4.69, 9.17) is 0 Å². The molecule has 126 valence electrons. The molecule has 2 rings (SSSR count). The molecule has 2 aromatic rings. The van der Waals surface area contributed by atoms with E-state index in [1.54, 1.807) is 10.8 Å². The van der Waals surface area contributed by atoms with E-state index in [0.717, 1.165) is 22.5 Å². The molecule has 0 saturated heterocycles. The van der Waals surface area contributed by atoms with Crippen LogP contribution in [-0.2, 0) is 16.6 Å². The second-order valence-electron chi connectivity index (χ2n) is 5.68. The monoisotopic (exact) mass is 326 g/mol. The van der Waals surface area contributed by atoms with Crippen LogP contribution >= 0.6 is 0 Å². The SMILES string of the molecule is Cc1cccc(/C=C/C(=O)NCC(=O)Nc2c(C)nn(C)c2C)c1. The van der Waals surface area contributed by atoms with Gasteiger partial charge in [-0.2, -0.15) is 5.10 Å². The second-order valence-corrected chi connectivity index (χ2v) is 5.68. The second kappa shape index (κ2) is 7.59. The third-order valence-electron chi connectivity index (χ3n) is 3.67. The highest BCUT2D eigenvalue weighted by Crippen LogP contribution is 2.17.